The molecule has 0 saturated carbocycles. The van der Waals surface area contributed by atoms with Gasteiger partial charge in [0.1, 0.15) is 5.82 Å². The minimum Gasteiger partial charge on any atom is -0.374 e. The van der Waals surface area contributed by atoms with E-state index < -0.39 is 0 Å². The number of carbonyl (C=O) groups excluding carboxylic acids is 1. The summed E-state index contributed by atoms with van der Waals surface area (Å²) < 4.78 is 13.6. The molecule has 2 rings (SSSR count). The van der Waals surface area contributed by atoms with Crippen LogP contribution < -0.4 is 5.32 Å². The lowest BCUT2D eigenvalue weighted by Crippen LogP contribution is -2.36. The molecule has 4 heteroatoms. The molecule has 1 heterocycles. The third-order valence-corrected chi connectivity index (χ3v) is 3.51. The second-order valence-corrected chi connectivity index (χ2v) is 5.13. The molecule has 0 atom stereocenters. The smallest absolute Gasteiger partial charge is 0.241 e. The van der Waals surface area contributed by atoms with Crippen LogP contribution in [0.5, 0.6) is 0 Å². The minimum atomic E-state index is -0.302. The Morgan fingerprint density at radius 1 is 1.26 bits per heavy atom. The normalized spacial score (nSPS) is 16.0. The fourth-order valence-corrected chi connectivity index (χ4v) is 2.37. The molecule has 1 saturated heterocycles. The molecule has 3 nitrogen and oxygen atoms in total. The first-order chi connectivity index (χ1) is 9.16. The number of benzene rings is 1. The summed E-state index contributed by atoms with van der Waals surface area (Å²) in [6.07, 6.45) is 4.54. The summed E-state index contributed by atoms with van der Waals surface area (Å²) in [5.74, 6) is -0.245. The number of anilines is 1. The van der Waals surface area contributed by atoms with Crippen LogP contribution in [0.25, 0.3) is 0 Å². The van der Waals surface area contributed by atoms with Gasteiger partial charge in [0.15, 0.2) is 0 Å². The first-order valence-corrected chi connectivity index (χ1v) is 6.94. The highest BCUT2D eigenvalue weighted by molar-refractivity contribution is 5.80. The standard InChI is InChI=1S/C15H21FN2O/c1-12-6-7-14(13(16)10-12)17-11-15(19)18-8-4-2-3-5-9-18/h6-7,10,17H,2-5,8-9,11H2,1H3. The number of halogens is 1. The Morgan fingerprint density at radius 3 is 2.58 bits per heavy atom. The maximum absolute atomic E-state index is 13.6. The molecular weight excluding hydrogens is 243 g/mol. The molecule has 1 N–H and O–H groups in total. The van der Waals surface area contributed by atoms with Gasteiger partial charge in [-0.05, 0) is 37.5 Å². The van der Waals surface area contributed by atoms with Crippen molar-refractivity contribution in [2.45, 2.75) is 32.6 Å². The number of nitrogens with one attached hydrogen (secondary N) is 1. The molecule has 1 aromatic rings. The van der Waals surface area contributed by atoms with Gasteiger partial charge in [-0.25, -0.2) is 4.39 Å². The van der Waals surface area contributed by atoms with Crippen LogP contribution in [-0.4, -0.2) is 30.4 Å². The molecule has 1 aromatic carbocycles. The summed E-state index contributed by atoms with van der Waals surface area (Å²) in [6, 6.07) is 4.99. The monoisotopic (exact) mass is 264 g/mol. The van der Waals surface area contributed by atoms with Gasteiger partial charge in [-0.2, -0.15) is 0 Å². The molecule has 104 valence electrons. The van der Waals surface area contributed by atoms with Crippen LogP contribution in [0.4, 0.5) is 10.1 Å². The molecular formula is C15H21FN2O. The number of likely N-dealkylation sites (tertiary alicyclic amines) is 1. The van der Waals surface area contributed by atoms with E-state index >= 15 is 0 Å². The molecule has 0 radical (unpaired) electrons. The Bertz CT molecular complexity index is 440. The van der Waals surface area contributed by atoms with E-state index in [9.17, 15) is 9.18 Å². The van der Waals surface area contributed by atoms with Crippen molar-refractivity contribution in [1.82, 2.24) is 4.90 Å². The van der Waals surface area contributed by atoms with Crippen LogP contribution in [0.15, 0.2) is 18.2 Å². The molecule has 1 fully saturated rings. The van der Waals surface area contributed by atoms with E-state index in [4.69, 9.17) is 0 Å². The SMILES string of the molecule is Cc1ccc(NCC(=O)N2CCCCCC2)c(F)c1. The molecule has 0 aliphatic carbocycles. The fraction of sp³-hybridized carbons (Fsp3) is 0.533. The van der Waals surface area contributed by atoms with E-state index in [0.29, 0.717) is 5.69 Å². The molecule has 1 amide bonds. The zero-order chi connectivity index (χ0) is 13.7. The third-order valence-electron chi connectivity index (χ3n) is 3.51. The molecule has 1 aliphatic heterocycles. The van der Waals surface area contributed by atoms with Gasteiger partial charge in [-0.3, -0.25) is 4.79 Å². The summed E-state index contributed by atoms with van der Waals surface area (Å²) in [5.41, 5.74) is 1.27. The van der Waals surface area contributed by atoms with Crippen molar-refractivity contribution < 1.29 is 9.18 Å². The molecule has 0 spiro atoms. The van der Waals surface area contributed by atoms with Gasteiger partial charge >= 0.3 is 0 Å². The first-order valence-electron chi connectivity index (χ1n) is 6.94. The fourth-order valence-electron chi connectivity index (χ4n) is 2.37. The number of hydrogen-bond donors (Lipinski definition) is 1. The Kier molecular flexibility index (Phi) is 4.77. The lowest BCUT2D eigenvalue weighted by Gasteiger charge is -2.20. The average molecular weight is 264 g/mol. The van der Waals surface area contributed by atoms with Crippen molar-refractivity contribution in [3.8, 4) is 0 Å². The molecule has 0 aromatic heterocycles. The highest BCUT2D eigenvalue weighted by Crippen LogP contribution is 2.15. The number of hydrogen-bond acceptors (Lipinski definition) is 2. The Hall–Kier alpha value is -1.58. The maximum atomic E-state index is 13.6. The summed E-state index contributed by atoms with van der Waals surface area (Å²) in [4.78, 5) is 13.9. The largest absolute Gasteiger partial charge is 0.374 e. The van der Waals surface area contributed by atoms with Crippen molar-refractivity contribution in [3.05, 3.63) is 29.6 Å². The van der Waals surface area contributed by atoms with E-state index in [1.807, 2.05) is 17.9 Å². The molecule has 1 aliphatic rings. The van der Waals surface area contributed by atoms with E-state index in [0.717, 1.165) is 31.5 Å². The topological polar surface area (TPSA) is 32.3 Å². The van der Waals surface area contributed by atoms with Crippen LogP contribution in [-0.2, 0) is 4.79 Å². The lowest BCUT2D eigenvalue weighted by molar-refractivity contribution is -0.129. The lowest BCUT2D eigenvalue weighted by atomic mass is 10.2. The number of carbonyl (C=O) groups is 1. The third kappa shape index (κ3) is 3.94. The minimum absolute atomic E-state index is 0.0573. The average Bonchev–Trinajstić information content (AvgIpc) is 2.66. The quantitative estimate of drug-likeness (QED) is 0.910. The van der Waals surface area contributed by atoms with Gasteiger partial charge in [0, 0.05) is 13.1 Å². The molecule has 0 unspecified atom stereocenters. The van der Waals surface area contributed by atoms with Crippen LogP contribution in [0, 0.1) is 12.7 Å². The zero-order valence-corrected chi connectivity index (χ0v) is 11.4. The van der Waals surface area contributed by atoms with Gasteiger partial charge in [0.2, 0.25) is 5.91 Å². The zero-order valence-electron chi connectivity index (χ0n) is 11.4. The van der Waals surface area contributed by atoms with Crippen molar-refractivity contribution in [2.75, 3.05) is 25.0 Å². The van der Waals surface area contributed by atoms with Crippen molar-refractivity contribution in [1.29, 1.82) is 0 Å². The van der Waals surface area contributed by atoms with E-state index in [-0.39, 0.29) is 18.3 Å². The Balaban J connectivity index is 1.88. The summed E-state index contributed by atoms with van der Waals surface area (Å²) in [7, 11) is 0. The van der Waals surface area contributed by atoms with Crippen molar-refractivity contribution in [3.63, 3.8) is 0 Å². The Labute approximate surface area is 113 Å². The maximum Gasteiger partial charge on any atom is 0.241 e. The van der Waals surface area contributed by atoms with Gasteiger partial charge in [0.25, 0.3) is 0 Å². The van der Waals surface area contributed by atoms with Gasteiger partial charge in [-0.1, -0.05) is 18.9 Å². The molecule has 0 bridgehead atoms. The second kappa shape index (κ2) is 6.55. The second-order valence-electron chi connectivity index (χ2n) is 5.13. The van der Waals surface area contributed by atoms with Gasteiger partial charge in [-0.15, -0.1) is 0 Å². The highest BCUT2D eigenvalue weighted by atomic mass is 19.1. The Morgan fingerprint density at radius 2 is 1.95 bits per heavy atom. The summed E-state index contributed by atoms with van der Waals surface area (Å²) >= 11 is 0. The van der Waals surface area contributed by atoms with Crippen molar-refractivity contribution in [2.24, 2.45) is 0 Å². The predicted octanol–water partition coefficient (Wildman–Crippen LogP) is 2.95. The van der Waals surface area contributed by atoms with E-state index in [1.165, 1.54) is 18.9 Å². The number of amides is 1. The number of nitrogens with zero attached hydrogens (tertiary/aromatic N) is 1. The molecule has 19 heavy (non-hydrogen) atoms. The van der Waals surface area contributed by atoms with Crippen LogP contribution >= 0.6 is 0 Å². The van der Waals surface area contributed by atoms with Crippen LogP contribution in [0.2, 0.25) is 0 Å². The number of rotatable bonds is 3. The predicted molar refractivity (Wildman–Crippen MR) is 74.7 cm³/mol. The van der Waals surface area contributed by atoms with Gasteiger partial charge in [0.05, 0.1) is 12.2 Å². The first kappa shape index (κ1) is 13.8. The van der Waals surface area contributed by atoms with Crippen LogP contribution in [0.3, 0.4) is 0 Å². The van der Waals surface area contributed by atoms with Crippen molar-refractivity contribution >= 4 is 11.6 Å². The number of aryl methyl sites for hydroxylation is 1. The summed E-state index contributed by atoms with van der Waals surface area (Å²) in [6.45, 7) is 3.67. The highest BCUT2D eigenvalue weighted by Gasteiger charge is 2.15. The van der Waals surface area contributed by atoms with E-state index in [2.05, 4.69) is 5.32 Å². The van der Waals surface area contributed by atoms with Crippen LogP contribution in [0.1, 0.15) is 31.2 Å². The van der Waals surface area contributed by atoms with E-state index in [1.54, 1.807) is 6.07 Å². The summed E-state index contributed by atoms with van der Waals surface area (Å²) in [5, 5.41) is 2.89. The van der Waals surface area contributed by atoms with Gasteiger partial charge < -0.3 is 10.2 Å².